The molecule has 0 saturated heterocycles. The minimum absolute atomic E-state index is 0.0736. The van der Waals surface area contributed by atoms with E-state index in [1.54, 1.807) is 0 Å². The largest absolute Gasteiger partial charge is 0.462 e. The first-order valence-electron chi connectivity index (χ1n) is 27.6. The summed E-state index contributed by atoms with van der Waals surface area (Å²) in [6.45, 7) is 6.47. The summed E-state index contributed by atoms with van der Waals surface area (Å²) in [6.07, 6.45) is 58.1. The number of aliphatic hydroxyl groups is 2. The van der Waals surface area contributed by atoms with Crippen LogP contribution in [-0.2, 0) is 14.3 Å². The zero-order chi connectivity index (χ0) is 45.2. The summed E-state index contributed by atoms with van der Waals surface area (Å²) in [7, 11) is 0. The molecule has 0 heterocycles. The topological polar surface area (TPSA) is 95.9 Å². The fraction of sp³-hybridized carbons (Fsp3) is 0.893. The Bertz CT molecular complexity index is 981. The quantitative estimate of drug-likeness (QED) is 0.0321. The standard InChI is InChI=1S/C56H107NO5/c1-4-7-10-13-16-19-22-24-26-27-28-30-32-34-37-40-43-46-49-56(61)62-52(47-44-41-38-35-33-31-29-25-23-20-17-14-11-8-5-2)50-55(60)57-53(51-58)54(59)48-45-42-39-36-21-18-15-12-9-6-3/h17,20,25,29,52-54,58-59H,4-16,18-19,21-24,26-28,30-51H2,1-3H3,(H,57,60)/b20-17-,29-25-. The Labute approximate surface area is 386 Å². The van der Waals surface area contributed by atoms with Crippen LogP contribution in [0.25, 0.3) is 0 Å². The second-order valence-corrected chi connectivity index (χ2v) is 19.0. The van der Waals surface area contributed by atoms with Gasteiger partial charge < -0.3 is 20.3 Å². The van der Waals surface area contributed by atoms with Crippen molar-refractivity contribution in [2.24, 2.45) is 0 Å². The van der Waals surface area contributed by atoms with Crippen LogP contribution in [0.15, 0.2) is 24.3 Å². The van der Waals surface area contributed by atoms with Gasteiger partial charge in [-0.1, -0.05) is 251 Å². The summed E-state index contributed by atoms with van der Waals surface area (Å²) in [5.41, 5.74) is 0. The molecule has 0 rings (SSSR count). The Morgan fingerprint density at radius 3 is 1.26 bits per heavy atom. The fourth-order valence-corrected chi connectivity index (χ4v) is 8.58. The highest BCUT2D eigenvalue weighted by atomic mass is 16.5. The molecule has 0 radical (unpaired) electrons. The maximum absolute atomic E-state index is 13.2. The Kier molecular flexibility index (Phi) is 49.0. The summed E-state index contributed by atoms with van der Waals surface area (Å²) in [5.74, 6) is -0.471. The number of hydrogen-bond acceptors (Lipinski definition) is 5. The number of hydrogen-bond donors (Lipinski definition) is 3. The SMILES string of the molecule is CCCCC/C=C\C/C=C\CCCCCCCC(CC(=O)NC(CO)C(O)CCCCCCCCCCCC)OC(=O)CCCCCCCCCCCCCCCCCCCC. The van der Waals surface area contributed by atoms with E-state index >= 15 is 0 Å². The van der Waals surface area contributed by atoms with Crippen LogP contribution in [0.1, 0.15) is 297 Å². The van der Waals surface area contributed by atoms with E-state index in [-0.39, 0.29) is 24.9 Å². The highest BCUT2D eigenvalue weighted by Crippen LogP contribution is 2.18. The van der Waals surface area contributed by atoms with Crippen molar-refractivity contribution in [1.29, 1.82) is 0 Å². The van der Waals surface area contributed by atoms with E-state index in [0.717, 1.165) is 70.6 Å². The molecule has 0 bridgehead atoms. The van der Waals surface area contributed by atoms with E-state index < -0.39 is 18.2 Å². The monoisotopic (exact) mass is 874 g/mol. The summed E-state index contributed by atoms with van der Waals surface area (Å²) in [4.78, 5) is 26.2. The number of nitrogens with one attached hydrogen (secondary N) is 1. The van der Waals surface area contributed by atoms with Crippen LogP contribution in [0.4, 0.5) is 0 Å². The van der Waals surface area contributed by atoms with E-state index in [2.05, 4.69) is 50.4 Å². The van der Waals surface area contributed by atoms with Crippen LogP contribution in [0.2, 0.25) is 0 Å². The zero-order valence-electron chi connectivity index (χ0n) is 41.8. The van der Waals surface area contributed by atoms with Gasteiger partial charge in [-0.15, -0.1) is 0 Å². The molecule has 0 saturated carbocycles. The number of allylic oxidation sites excluding steroid dienone is 4. The van der Waals surface area contributed by atoms with E-state index in [1.165, 1.54) is 180 Å². The van der Waals surface area contributed by atoms with Crippen molar-refractivity contribution >= 4 is 11.9 Å². The normalized spacial score (nSPS) is 13.3. The van der Waals surface area contributed by atoms with Gasteiger partial charge in [0.15, 0.2) is 0 Å². The lowest BCUT2D eigenvalue weighted by atomic mass is 10.0. The molecule has 6 nitrogen and oxygen atoms in total. The molecular formula is C56H107NO5. The molecule has 0 spiro atoms. The van der Waals surface area contributed by atoms with Crippen molar-refractivity contribution < 1.29 is 24.5 Å². The van der Waals surface area contributed by atoms with Gasteiger partial charge in [0.2, 0.25) is 5.91 Å². The fourth-order valence-electron chi connectivity index (χ4n) is 8.58. The highest BCUT2D eigenvalue weighted by Gasteiger charge is 2.24. The summed E-state index contributed by atoms with van der Waals surface area (Å²) in [5, 5.41) is 23.8. The number of rotatable bonds is 50. The summed E-state index contributed by atoms with van der Waals surface area (Å²) >= 11 is 0. The Hall–Kier alpha value is -1.66. The molecule has 3 atom stereocenters. The van der Waals surface area contributed by atoms with Gasteiger partial charge in [-0.05, 0) is 57.8 Å². The number of carbonyl (C=O) groups excluding carboxylic acids is 2. The van der Waals surface area contributed by atoms with Crippen LogP contribution in [0.5, 0.6) is 0 Å². The number of carbonyl (C=O) groups is 2. The molecule has 1 amide bonds. The van der Waals surface area contributed by atoms with Gasteiger partial charge >= 0.3 is 5.97 Å². The molecule has 0 aliphatic heterocycles. The van der Waals surface area contributed by atoms with Crippen molar-refractivity contribution in [3.63, 3.8) is 0 Å². The molecular weight excluding hydrogens is 767 g/mol. The first-order valence-corrected chi connectivity index (χ1v) is 27.6. The lowest BCUT2D eigenvalue weighted by molar-refractivity contribution is -0.151. The maximum Gasteiger partial charge on any atom is 0.306 e. The van der Waals surface area contributed by atoms with Gasteiger partial charge in [-0.3, -0.25) is 9.59 Å². The maximum atomic E-state index is 13.2. The first-order chi connectivity index (χ1) is 30.5. The molecule has 0 aromatic carbocycles. The van der Waals surface area contributed by atoms with Gasteiger partial charge in [-0.25, -0.2) is 0 Å². The Morgan fingerprint density at radius 2 is 0.823 bits per heavy atom. The third kappa shape index (κ3) is 44.9. The Morgan fingerprint density at radius 1 is 0.468 bits per heavy atom. The van der Waals surface area contributed by atoms with Crippen molar-refractivity contribution in [3.05, 3.63) is 24.3 Å². The summed E-state index contributed by atoms with van der Waals surface area (Å²) < 4.78 is 5.95. The van der Waals surface area contributed by atoms with Gasteiger partial charge in [0.05, 0.1) is 25.2 Å². The van der Waals surface area contributed by atoms with E-state index in [9.17, 15) is 19.8 Å². The molecule has 0 aliphatic rings. The van der Waals surface area contributed by atoms with Crippen LogP contribution >= 0.6 is 0 Å². The van der Waals surface area contributed by atoms with Crippen molar-refractivity contribution in [2.45, 2.75) is 315 Å². The molecule has 3 unspecified atom stereocenters. The molecule has 3 N–H and O–H groups in total. The van der Waals surface area contributed by atoms with Crippen LogP contribution in [0, 0.1) is 0 Å². The minimum atomic E-state index is -0.787. The summed E-state index contributed by atoms with van der Waals surface area (Å²) in [6, 6.07) is -0.701. The number of unbranched alkanes of at least 4 members (excludes halogenated alkanes) is 34. The molecule has 0 fully saturated rings. The van der Waals surface area contributed by atoms with Crippen LogP contribution in [0.3, 0.4) is 0 Å². The molecule has 366 valence electrons. The number of ether oxygens (including phenoxy) is 1. The van der Waals surface area contributed by atoms with E-state index in [0.29, 0.717) is 19.3 Å². The first kappa shape index (κ1) is 60.3. The molecule has 6 heteroatoms. The number of esters is 1. The lowest BCUT2D eigenvalue weighted by Crippen LogP contribution is -2.46. The smallest absolute Gasteiger partial charge is 0.306 e. The predicted molar refractivity (Wildman–Crippen MR) is 269 cm³/mol. The average Bonchev–Trinajstić information content (AvgIpc) is 3.26. The average molecular weight is 874 g/mol. The third-order valence-electron chi connectivity index (χ3n) is 12.8. The van der Waals surface area contributed by atoms with Crippen molar-refractivity contribution in [1.82, 2.24) is 5.32 Å². The van der Waals surface area contributed by atoms with Crippen LogP contribution < -0.4 is 5.32 Å². The Balaban J connectivity index is 4.52. The lowest BCUT2D eigenvalue weighted by Gasteiger charge is -2.24. The zero-order valence-corrected chi connectivity index (χ0v) is 41.8. The van der Waals surface area contributed by atoms with Gasteiger partial charge in [0.25, 0.3) is 0 Å². The molecule has 62 heavy (non-hydrogen) atoms. The predicted octanol–water partition coefficient (Wildman–Crippen LogP) is 16.7. The molecule has 0 aliphatic carbocycles. The third-order valence-corrected chi connectivity index (χ3v) is 12.8. The minimum Gasteiger partial charge on any atom is -0.462 e. The molecule has 0 aromatic heterocycles. The number of amides is 1. The second kappa shape index (κ2) is 50.3. The van der Waals surface area contributed by atoms with Crippen molar-refractivity contribution in [2.75, 3.05) is 6.61 Å². The van der Waals surface area contributed by atoms with Crippen LogP contribution in [-0.4, -0.2) is 46.9 Å². The van der Waals surface area contributed by atoms with Gasteiger partial charge in [0.1, 0.15) is 6.10 Å². The highest BCUT2D eigenvalue weighted by molar-refractivity contribution is 5.77. The number of aliphatic hydroxyl groups excluding tert-OH is 2. The van der Waals surface area contributed by atoms with E-state index in [1.807, 2.05) is 0 Å². The second-order valence-electron chi connectivity index (χ2n) is 19.0. The van der Waals surface area contributed by atoms with Gasteiger partial charge in [-0.2, -0.15) is 0 Å². The molecule has 0 aromatic rings. The van der Waals surface area contributed by atoms with E-state index in [4.69, 9.17) is 4.74 Å². The van der Waals surface area contributed by atoms with Gasteiger partial charge in [0, 0.05) is 6.42 Å². The van der Waals surface area contributed by atoms with Crippen molar-refractivity contribution in [3.8, 4) is 0 Å².